The fraction of sp³-hybridized carbons (Fsp3) is 0.0870. The van der Waals surface area contributed by atoms with Gasteiger partial charge in [0.25, 0.3) is 0 Å². The Bertz CT molecular complexity index is 1040. The van der Waals surface area contributed by atoms with E-state index in [1.165, 1.54) is 6.07 Å². The van der Waals surface area contributed by atoms with Gasteiger partial charge < -0.3 is 10.1 Å². The molecule has 1 N–H and O–H groups in total. The molecule has 0 bridgehead atoms. The zero-order chi connectivity index (χ0) is 18.6. The molecule has 1 saturated heterocycles. The molecule has 132 valence electrons. The van der Waals surface area contributed by atoms with Crippen LogP contribution in [0.15, 0.2) is 78.9 Å². The molecule has 0 radical (unpaired) electrons. The van der Waals surface area contributed by atoms with E-state index in [-0.39, 0.29) is 0 Å². The lowest BCUT2D eigenvalue weighted by atomic mass is 9.95. The largest absolute Gasteiger partial charge is 0.439 e. The summed E-state index contributed by atoms with van der Waals surface area (Å²) in [7, 11) is 0. The van der Waals surface area contributed by atoms with Crippen molar-refractivity contribution in [3.05, 3.63) is 107 Å². The molecule has 0 spiro atoms. The average Bonchev–Trinajstić information content (AvgIpc) is 3.09. The summed E-state index contributed by atoms with van der Waals surface area (Å²) in [4.78, 5) is 11.8. The Balaban J connectivity index is 1.65. The van der Waals surface area contributed by atoms with E-state index >= 15 is 0 Å². The second kappa shape index (κ2) is 7.35. The van der Waals surface area contributed by atoms with Gasteiger partial charge in [0.15, 0.2) is 6.10 Å². The first-order valence-corrected chi connectivity index (χ1v) is 8.59. The van der Waals surface area contributed by atoms with E-state index in [0.717, 1.165) is 16.7 Å². The van der Waals surface area contributed by atoms with Gasteiger partial charge in [-0.2, -0.15) is 0 Å². The van der Waals surface area contributed by atoms with E-state index in [4.69, 9.17) is 4.74 Å². The molecule has 0 aromatic heterocycles. The summed E-state index contributed by atoms with van der Waals surface area (Å²) >= 11 is 0. The molecule has 4 heteroatoms. The van der Waals surface area contributed by atoms with Gasteiger partial charge in [-0.25, -0.2) is 9.18 Å². The number of hydrogen-bond donors (Lipinski definition) is 1. The summed E-state index contributed by atoms with van der Waals surface area (Å²) in [5.74, 6) is 5.84. The number of benzene rings is 3. The standard InChI is InChI=1S/C23H16FNO2/c24-20-12-5-4-11-19(20)22-21(25-23(26)27-22)18-10-6-9-17(15-18)14-13-16-7-2-1-3-8-16/h1-12,15,21-22H,(H,25,26)/t21-,22?/m1/s1. The van der Waals surface area contributed by atoms with Crippen molar-refractivity contribution in [2.75, 3.05) is 0 Å². The summed E-state index contributed by atoms with van der Waals surface area (Å²) < 4.78 is 19.5. The molecule has 3 aromatic carbocycles. The third-order valence-electron chi connectivity index (χ3n) is 4.39. The van der Waals surface area contributed by atoms with Crippen molar-refractivity contribution in [3.8, 4) is 11.8 Å². The molecule has 3 aromatic rings. The number of halogens is 1. The lowest BCUT2D eigenvalue weighted by Gasteiger charge is -2.18. The highest BCUT2D eigenvalue weighted by molar-refractivity contribution is 5.71. The lowest BCUT2D eigenvalue weighted by molar-refractivity contribution is 0.130. The number of alkyl carbamates (subject to hydrolysis) is 1. The summed E-state index contributed by atoms with van der Waals surface area (Å²) in [6.07, 6.45) is -1.29. The molecule has 27 heavy (non-hydrogen) atoms. The minimum Gasteiger partial charge on any atom is -0.439 e. The van der Waals surface area contributed by atoms with Crippen LogP contribution in [-0.4, -0.2) is 6.09 Å². The minimum absolute atomic E-state index is 0.349. The van der Waals surface area contributed by atoms with Crippen LogP contribution in [0.2, 0.25) is 0 Å². The highest BCUT2D eigenvalue weighted by atomic mass is 19.1. The number of ether oxygens (including phenoxy) is 1. The molecular weight excluding hydrogens is 341 g/mol. The van der Waals surface area contributed by atoms with Crippen LogP contribution >= 0.6 is 0 Å². The molecule has 2 atom stereocenters. The normalized spacial score (nSPS) is 18.2. The fourth-order valence-corrected chi connectivity index (χ4v) is 3.10. The zero-order valence-corrected chi connectivity index (χ0v) is 14.4. The third-order valence-corrected chi connectivity index (χ3v) is 4.39. The quantitative estimate of drug-likeness (QED) is 0.672. The predicted molar refractivity (Wildman–Crippen MR) is 100 cm³/mol. The highest BCUT2D eigenvalue weighted by Crippen LogP contribution is 2.37. The van der Waals surface area contributed by atoms with Crippen molar-refractivity contribution in [1.82, 2.24) is 5.32 Å². The predicted octanol–water partition coefficient (Wildman–Crippen LogP) is 4.75. The number of rotatable bonds is 2. The Kier molecular flexibility index (Phi) is 4.59. The van der Waals surface area contributed by atoms with Crippen molar-refractivity contribution in [3.63, 3.8) is 0 Å². The van der Waals surface area contributed by atoms with E-state index in [2.05, 4.69) is 17.2 Å². The second-order valence-corrected chi connectivity index (χ2v) is 6.21. The molecule has 4 rings (SSSR count). The number of nitrogens with one attached hydrogen (secondary N) is 1. The monoisotopic (exact) mass is 357 g/mol. The maximum atomic E-state index is 14.2. The van der Waals surface area contributed by atoms with Gasteiger partial charge in [0, 0.05) is 16.7 Å². The van der Waals surface area contributed by atoms with Crippen LogP contribution in [0.25, 0.3) is 0 Å². The lowest BCUT2D eigenvalue weighted by Crippen LogP contribution is -2.20. The van der Waals surface area contributed by atoms with Crippen LogP contribution in [0, 0.1) is 17.7 Å². The molecule has 1 aliphatic rings. The molecule has 1 unspecified atom stereocenters. The van der Waals surface area contributed by atoms with E-state index < -0.39 is 24.1 Å². The molecule has 1 aliphatic heterocycles. The van der Waals surface area contributed by atoms with Gasteiger partial charge in [-0.3, -0.25) is 0 Å². The first-order valence-electron chi connectivity index (χ1n) is 8.59. The Morgan fingerprint density at radius 1 is 0.852 bits per heavy atom. The maximum absolute atomic E-state index is 14.2. The Morgan fingerprint density at radius 3 is 2.37 bits per heavy atom. The number of carbonyl (C=O) groups excluding carboxylic acids is 1. The topological polar surface area (TPSA) is 38.3 Å². The van der Waals surface area contributed by atoms with Gasteiger partial charge in [0.1, 0.15) is 5.82 Å². The molecule has 1 fully saturated rings. The van der Waals surface area contributed by atoms with Crippen molar-refractivity contribution >= 4 is 6.09 Å². The van der Waals surface area contributed by atoms with Gasteiger partial charge in [-0.15, -0.1) is 0 Å². The minimum atomic E-state index is -0.726. The van der Waals surface area contributed by atoms with Gasteiger partial charge in [0.05, 0.1) is 6.04 Å². The molecule has 0 saturated carbocycles. The van der Waals surface area contributed by atoms with Crippen LogP contribution in [0.4, 0.5) is 9.18 Å². The Morgan fingerprint density at radius 2 is 1.56 bits per heavy atom. The van der Waals surface area contributed by atoms with E-state index in [1.807, 2.05) is 54.6 Å². The van der Waals surface area contributed by atoms with Crippen molar-refractivity contribution in [2.24, 2.45) is 0 Å². The molecule has 3 nitrogen and oxygen atoms in total. The Hall–Kier alpha value is -3.58. The summed E-state index contributed by atoms with van der Waals surface area (Å²) in [5.41, 5.74) is 2.89. The van der Waals surface area contributed by atoms with E-state index in [0.29, 0.717) is 5.56 Å². The number of amides is 1. The summed E-state index contributed by atoms with van der Waals surface area (Å²) in [5, 5.41) is 2.77. The van der Waals surface area contributed by atoms with Crippen LogP contribution in [0.3, 0.4) is 0 Å². The first kappa shape index (κ1) is 16.9. The van der Waals surface area contributed by atoms with Gasteiger partial charge >= 0.3 is 6.09 Å². The van der Waals surface area contributed by atoms with Crippen molar-refractivity contribution in [2.45, 2.75) is 12.1 Å². The van der Waals surface area contributed by atoms with Crippen molar-refractivity contribution in [1.29, 1.82) is 0 Å². The first-order chi connectivity index (χ1) is 13.2. The van der Waals surface area contributed by atoms with Crippen LogP contribution in [-0.2, 0) is 4.74 Å². The van der Waals surface area contributed by atoms with E-state index in [9.17, 15) is 9.18 Å². The van der Waals surface area contributed by atoms with E-state index in [1.54, 1.807) is 18.2 Å². The zero-order valence-electron chi connectivity index (χ0n) is 14.4. The SMILES string of the molecule is O=C1N[C@H](c2cccc(C#Cc3ccccc3)c2)C(c2ccccc2F)O1. The molecule has 1 amide bonds. The molecule has 0 aliphatic carbocycles. The smallest absolute Gasteiger partial charge is 0.408 e. The van der Waals surface area contributed by atoms with Crippen LogP contribution < -0.4 is 5.32 Å². The third kappa shape index (κ3) is 3.68. The van der Waals surface area contributed by atoms with Crippen LogP contribution in [0.1, 0.15) is 34.4 Å². The van der Waals surface area contributed by atoms with Crippen LogP contribution in [0.5, 0.6) is 0 Å². The van der Waals surface area contributed by atoms with Gasteiger partial charge in [-0.05, 0) is 35.9 Å². The van der Waals surface area contributed by atoms with Crippen molar-refractivity contribution < 1.29 is 13.9 Å². The molecular formula is C23H16FNO2. The van der Waals surface area contributed by atoms with Gasteiger partial charge in [0.2, 0.25) is 0 Å². The second-order valence-electron chi connectivity index (χ2n) is 6.21. The molecule has 1 heterocycles. The number of carbonyl (C=O) groups is 1. The average molecular weight is 357 g/mol. The summed E-state index contributed by atoms with van der Waals surface area (Å²) in [6, 6.07) is 23.1. The summed E-state index contributed by atoms with van der Waals surface area (Å²) in [6.45, 7) is 0. The fourth-order valence-electron chi connectivity index (χ4n) is 3.10. The maximum Gasteiger partial charge on any atom is 0.408 e. The highest BCUT2D eigenvalue weighted by Gasteiger charge is 2.37. The number of cyclic esters (lactones) is 1. The Labute approximate surface area is 156 Å². The number of hydrogen-bond acceptors (Lipinski definition) is 2. The van der Waals surface area contributed by atoms with Gasteiger partial charge in [-0.1, -0.05) is 60.4 Å².